The summed E-state index contributed by atoms with van der Waals surface area (Å²) in [7, 11) is 1.86. The highest BCUT2D eigenvalue weighted by atomic mass is 32.1. The number of nitrogens with zero attached hydrogens (tertiary/aromatic N) is 4. The number of nitrogens with one attached hydrogen (secondary N) is 1. The van der Waals surface area contributed by atoms with Gasteiger partial charge in [0.2, 0.25) is 0 Å². The molecule has 0 bridgehead atoms. The minimum atomic E-state index is -0.153. The van der Waals surface area contributed by atoms with E-state index in [-0.39, 0.29) is 5.91 Å². The van der Waals surface area contributed by atoms with Crippen LogP contribution in [0, 0.1) is 0 Å². The Labute approximate surface area is 156 Å². The maximum atomic E-state index is 12.3. The van der Waals surface area contributed by atoms with Crippen molar-refractivity contribution in [2.75, 3.05) is 18.0 Å². The fraction of sp³-hybridized carbons (Fsp3) is 0.316. The number of amides is 1. The highest BCUT2D eigenvalue weighted by Crippen LogP contribution is 2.23. The van der Waals surface area contributed by atoms with E-state index in [9.17, 15) is 4.79 Å². The van der Waals surface area contributed by atoms with E-state index >= 15 is 0 Å². The third kappa shape index (κ3) is 3.62. The molecule has 0 radical (unpaired) electrons. The molecule has 0 spiro atoms. The summed E-state index contributed by atoms with van der Waals surface area (Å²) in [6.07, 6.45) is 6.18. The first-order chi connectivity index (χ1) is 12.7. The normalized spacial score (nSPS) is 14.0. The third-order valence-electron chi connectivity index (χ3n) is 4.55. The number of hydrogen-bond donors (Lipinski definition) is 1. The number of aryl methyl sites for hydroxylation is 1. The van der Waals surface area contributed by atoms with Crippen LogP contribution in [0.4, 0.5) is 5.69 Å². The van der Waals surface area contributed by atoms with E-state index in [1.165, 1.54) is 29.9 Å². The van der Waals surface area contributed by atoms with Crippen molar-refractivity contribution in [1.29, 1.82) is 0 Å². The van der Waals surface area contributed by atoms with E-state index in [0.717, 1.165) is 29.2 Å². The van der Waals surface area contributed by atoms with E-state index < -0.39 is 0 Å². The summed E-state index contributed by atoms with van der Waals surface area (Å²) in [5, 5.41) is 9.67. The van der Waals surface area contributed by atoms with Crippen molar-refractivity contribution in [1.82, 2.24) is 20.1 Å². The second-order valence-corrected chi connectivity index (χ2v) is 7.34. The van der Waals surface area contributed by atoms with Crippen LogP contribution in [0.25, 0.3) is 10.6 Å². The topological polar surface area (TPSA) is 63.1 Å². The van der Waals surface area contributed by atoms with E-state index in [0.29, 0.717) is 12.2 Å². The summed E-state index contributed by atoms with van der Waals surface area (Å²) < 4.78 is 1.72. The fourth-order valence-electron chi connectivity index (χ4n) is 3.12. The first-order valence-electron chi connectivity index (χ1n) is 8.76. The Morgan fingerprint density at radius 1 is 1.23 bits per heavy atom. The molecule has 4 rings (SSSR count). The number of carbonyl (C=O) groups excluding carboxylic acids is 1. The summed E-state index contributed by atoms with van der Waals surface area (Å²) in [6.45, 7) is 2.78. The largest absolute Gasteiger partial charge is 0.372 e. The summed E-state index contributed by atoms with van der Waals surface area (Å²) in [5.74, 6) is -0.153. The van der Waals surface area contributed by atoms with Gasteiger partial charge in [-0.05, 0) is 30.5 Å². The molecule has 0 atom stereocenters. The molecule has 3 aromatic rings. The zero-order valence-corrected chi connectivity index (χ0v) is 15.5. The maximum Gasteiger partial charge on any atom is 0.271 e. The molecular formula is C19H21N5OS. The Bertz CT molecular complexity index is 893. The minimum Gasteiger partial charge on any atom is -0.372 e. The minimum absolute atomic E-state index is 0.153. The van der Waals surface area contributed by atoms with Crippen LogP contribution in [0.1, 0.15) is 28.9 Å². The molecule has 1 amide bonds. The van der Waals surface area contributed by atoms with Crippen molar-refractivity contribution < 1.29 is 4.79 Å². The van der Waals surface area contributed by atoms with Crippen LogP contribution >= 0.6 is 11.3 Å². The number of anilines is 1. The van der Waals surface area contributed by atoms with Gasteiger partial charge in [-0.25, -0.2) is 4.98 Å². The van der Waals surface area contributed by atoms with Crippen LogP contribution in [-0.4, -0.2) is 33.8 Å². The van der Waals surface area contributed by atoms with Crippen LogP contribution in [0.3, 0.4) is 0 Å². The van der Waals surface area contributed by atoms with Gasteiger partial charge in [-0.15, -0.1) is 11.3 Å². The number of rotatable bonds is 5. The van der Waals surface area contributed by atoms with Gasteiger partial charge in [-0.2, -0.15) is 5.10 Å². The lowest BCUT2D eigenvalue weighted by atomic mass is 10.2. The summed E-state index contributed by atoms with van der Waals surface area (Å²) >= 11 is 1.45. The smallest absolute Gasteiger partial charge is 0.271 e. The second-order valence-electron chi connectivity index (χ2n) is 6.48. The van der Waals surface area contributed by atoms with Crippen LogP contribution in [0.15, 0.2) is 42.0 Å². The molecule has 1 saturated heterocycles. The lowest BCUT2D eigenvalue weighted by molar-refractivity contribution is 0.0946. The van der Waals surface area contributed by atoms with E-state index in [1.54, 1.807) is 16.3 Å². The molecule has 1 aliphatic heterocycles. The van der Waals surface area contributed by atoms with Crippen LogP contribution in [0.2, 0.25) is 0 Å². The summed E-state index contributed by atoms with van der Waals surface area (Å²) in [4.78, 5) is 19.2. The Balaban J connectivity index is 1.35. The molecule has 0 aliphatic carbocycles. The van der Waals surface area contributed by atoms with Crippen LogP contribution < -0.4 is 10.2 Å². The molecule has 1 aromatic carbocycles. The first kappa shape index (κ1) is 16.8. The maximum absolute atomic E-state index is 12.3. The zero-order valence-electron chi connectivity index (χ0n) is 14.7. The van der Waals surface area contributed by atoms with Gasteiger partial charge >= 0.3 is 0 Å². The standard InChI is InChI=1S/C19H21N5OS/c1-23-12-15(11-21-23)19-22-17(13-26-19)18(25)20-10-14-4-6-16(7-5-14)24-8-2-3-9-24/h4-7,11-13H,2-3,8-10H2,1H3,(H,20,25). The average molecular weight is 367 g/mol. The molecule has 7 heteroatoms. The molecule has 26 heavy (non-hydrogen) atoms. The predicted molar refractivity (Wildman–Crippen MR) is 103 cm³/mol. The monoisotopic (exact) mass is 367 g/mol. The van der Waals surface area contributed by atoms with Crippen molar-refractivity contribution in [2.45, 2.75) is 19.4 Å². The van der Waals surface area contributed by atoms with Crippen molar-refractivity contribution in [3.05, 3.63) is 53.3 Å². The quantitative estimate of drug-likeness (QED) is 0.753. The molecule has 1 N–H and O–H groups in total. The van der Waals surface area contributed by atoms with Gasteiger partial charge in [0, 0.05) is 49.5 Å². The van der Waals surface area contributed by atoms with Gasteiger partial charge in [0.25, 0.3) is 5.91 Å². The lowest BCUT2D eigenvalue weighted by Gasteiger charge is -2.17. The molecule has 0 unspecified atom stereocenters. The van der Waals surface area contributed by atoms with E-state index in [2.05, 4.69) is 44.6 Å². The number of hydrogen-bond acceptors (Lipinski definition) is 5. The number of thiazole rings is 1. The number of carbonyl (C=O) groups is 1. The zero-order chi connectivity index (χ0) is 17.9. The molecule has 1 fully saturated rings. The molecule has 1 aliphatic rings. The molecule has 6 nitrogen and oxygen atoms in total. The SMILES string of the molecule is Cn1cc(-c2nc(C(=O)NCc3ccc(N4CCCC4)cc3)cs2)cn1. The second kappa shape index (κ2) is 7.29. The fourth-order valence-corrected chi connectivity index (χ4v) is 3.89. The Morgan fingerprint density at radius 2 is 2.00 bits per heavy atom. The van der Waals surface area contributed by atoms with Gasteiger partial charge < -0.3 is 10.2 Å². The Kier molecular flexibility index (Phi) is 4.71. The molecule has 134 valence electrons. The van der Waals surface area contributed by atoms with Crippen molar-refractivity contribution in [2.24, 2.45) is 7.05 Å². The third-order valence-corrected chi connectivity index (χ3v) is 5.44. The van der Waals surface area contributed by atoms with Gasteiger partial charge in [-0.1, -0.05) is 12.1 Å². The number of aromatic nitrogens is 3. The molecule has 0 saturated carbocycles. The van der Waals surface area contributed by atoms with E-state index in [4.69, 9.17) is 0 Å². The average Bonchev–Trinajstić information content (AvgIpc) is 3.41. The molecular weight excluding hydrogens is 346 g/mol. The predicted octanol–water partition coefficient (Wildman–Crippen LogP) is 3.07. The van der Waals surface area contributed by atoms with Crippen LogP contribution in [-0.2, 0) is 13.6 Å². The highest BCUT2D eigenvalue weighted by molar-refractivity contribution is 7.13. The van der Waals surface area contributed by atoms with Gasteiger partial charge in [0.1, 0.15) is 10.7 Å². The van der Waals surface area contributed by atoms with Gasteiger partial charge in [-0.3, -0.25) is 9.48 Å². The molecule has 2 aromatic heterocycles. The van der Waals surface area contributed by atoms with Crippen molar-refractivity contribution >= 4 is 22.9 Å². The first-order valence-corrected chi connectivity index (χ1v) is 9.63. The summed E-state index contributed by atoms with van der Waals surface area (Å²) in [5.41, 5.74) is 3.72. The Morgan fingerprint density at radius 3 is 2.69 bits per heavy atom. The summed E-state index contributed by atoms with van der Waals surface area (Å²) in [6, 6.07) is 8.43. The van der Waals surface area contributed by atoms with Crippen molar-refractivity contribution in [3.63, 3.8) is 0 Å². The highest BCUT2D eigenvalue weighted by Gasteiger charge is 2.14. The lowest BCUT2D eigenvalue weighted by Crippen LogP contribution is -2.23. The van der Waals surface area contributed by atoms with Crippen molar-refractivity contribution in [3.8, 4) is 10.6 Å². The molecule has 3 heterocycles. The number of benzene rings is 1. The van der Waals surface area contributed by atoms with Gasteiger partial charge in [0.05, 0.1) is 6.20 Å². The van der Waals surface area contributed by atoms with E-state index in [1.807, 2.05) is 13.2 Å². The van der Waals surface area contributed by atoms with Crippen LogP contribution in [0.5, 0.6) is 0 Å². The van der Waals surface area contributed by atoms with Gasteiger partial charge in [0.15, 0.2) is 0 Å². The Hall–Kier alpha value is -2.67.